The fraction of sp³-hybridized carbons (Fsp3) is 0.538. The molecule has 1 aliphatic carbocycles. The molecular weight excluding hydrogens is 588 g/mol. The number of aliphatic hydroxyl groups excluding tert-OH is 1. The summed E-state index contributed by atoms with van der Waals surface area (Å²) in [4.78, 5) is 42.3. The number of fused-ring (bicyclic) bond motifs is 2. The first kappa shape index (κ1) is 34.4. The third-order valence-corrected chi connectivity index (χ3v) is 9.65. The highest BCUT2D eigenvalue weighted by Crippen LogP contribution is 2.43. The molecule has 0 aromatic heterocycles. The number of hydrogen-bond donors (Lipinski definition) is 3. The molecular formula is C39H53N4O4+. The summed E-state index contributed by atoms with van der Waals surface area (Å²) in [5, 5.41) is 19.5. The molecule has 0 radical (unpaired) electrons. The van der Waals surface area contributed by atoms with Gasteiger partial charge in [0.15, 0.2) is 0 Å². The summed E-state index contributed by atoms with van der Waals surface area (Å²) in [5.41, 5.74) is 5.50. The molecule has 2 aliphatic heterocycles. The summed E-state index contributed by atoms with van der Waals surface area (Å²) in [6, 6.07) is 8.02. The van der Waals surface area contributed by atoms with E-state index in [-0.39, 0.29) is 34.5 Å². The van der Waals surface area contributed by atoms with Crippen LogP contribution in [-0.4, -0.2) is 48.9 Å². The maximum Gasteiger partial charge on any atom is 0.224 e. The Morgan fingerprint density at radius 3 is 2.19 bits per heavy atom. The topological polar surface area (TPSA) is 102 Å². The van der Waals surface area contributed by atoms with Crippen LogP contribution >= 0.6 is 0 Å². The summed E-state index contributed by atoms with van der Waals surface area (Å²) in [7, 11) is 0. The van der Waals surface area contributed by atoms with Crippen molar-refractivity contribution >= 4 is 45.8 Å². The van der Waals surface area contributed by atoms with Gasteiger partial charge in [-0.05, 0) is 62.3 Å². The van der Waals surface area contributed by atoms with Crippen LogP contribution in [0.25, 0.3) is 11.1 Å². The SMILES string of the molecule is CCCCCN1CCCc2cc(C3=C(O)/C(=c4\cc5c(cc4NC(=O)CCC)=[N+](CCCC)CCC5)C3=O)c(NC(=O)CCC)cc21. The second-order valence-corrected chi connectivity index (χ2v) is 13.3. The summed E-state index contributed by atoms with van der Waals surface area (Å²) < 4.78 is 2.37. The van der Waals surface area contributed by atoms with Crippen molar-refractivity contribution in [1.82, 2.24) is 4.58 Å². The second-order valence-electron chi connectivity index (χ2n) is 13.3. The van der Waals surface area contributed by atoms with E-state index in [2.05, 4.69) is 34.0 Å². The molecule has 8 nitrogen and oxygen atoms in total. The van der Waals surface area contributed by atoms with Gasteiger partial charge >= 0.3 is 0 Å². The molecule has 0 unspecified atom stereocenters. The number of carbonyl (C=O) groups is 3. The number of ketones is 1. The number of aryl methyl sites for hydroxylation is 2. The number of amides is 2. The van der Waals surface area contributed by atoms with Gasteiger partial charge in [-0.15, -0.1) is 0 Å². The molecule has 0 saturated carbocycles. The van der Waals surface area contributed by atoms with E-state index in [0.717, 1.165) is 106 Å². The molecule has 2 amide bonds. The average Bonchev–Trinajstić information content (AvgIpc) is 3.05. The van der Waals surface area contributed by atoms with E-state index in [0.29, 0.717) is 47.8 Å². The Balaban J connectivity index is 1.66. The second kappa shape index (κ2) is 15.8. The molecule has 5 rings (SSSR count). The smallest absolute Gasteiger partial charge is 0.224 e. The third kappa shape index (κ3) is 7.47. The Labute approximate surface area is 279 Å². The first-order valence-electron chi connectivity index (χ1n) is 18.1. The molecule has 47 heavy (non-hydrogen) atoms. The third-order valence-electron chi connectivity index (χ3n) is 9.65. The van der Waals surface area contributed by atoms with Gasteiger partial charge in [-0.3, -0.25) is 14.4 Å². The van der Waals surface area contributed by atoms with Gasteiger partial charge in [0.2, 0.25) is 23.0 Å². The van der Waals surface area contributed by atoms with Crippen LogP contribution in [0.4, 0.5) is 17.1 Å². The zero-order valence-corrected chi connectivity index (χ0v) is 28.9. The van der Waals surface area contributed by atoms with E-state index < -0.39 is 0 Å². The molecule has 252 valence electrons. The van der Waals surface area contributed by atoms with Crippen molar-refractivity contribution in [2.45, 2.75) is 111 Å². The normalized spacial score (nSPS) is 16.9. The van der Waals surface area contributed by atoms with Crippen LogP contribution in [-0.2, 0) is 27.2 Å². The number of aliphatic hydroxyl groups is 1. The Hall–Kier alpha value is -3.94. The zero-order valence-electron chi connectivity index (χ0n) is 28.9. The highest BCUT2D eigenvalue weighted by Gasteiger charge is 2.38. The molecule has 0 fully saturated rings. The van der Waals surface area contributed by atoms with E-state index in [1.54, 1.807) is 0 Å². The lowest BCUT2D eigenvalue weighted by atomic mass is 9.80. The van der Waals surface area contributed by atoms with Crippen molar-refractivity contribution in [1.29, 1.82) is 0 Å². The van der Waals surface area contributed by atoms with Crippen LogP contribution in [0.1, 0.15) is 115 Å². The van der Waals surface area contributed by atoms with Crippen LogP contribution < -0.4 is 30.7 Å². The predicted molar refractivity (Wildman–Crippen MR) is 191 cm³/mol. The lowest BCUT2D eigenvalue weighted by molar-refractivity contribution is -0.117. The number of nitrogens with one attached hydrogen (secondary N) is 2. The molecule has 0 saturated heterocycles. The molecule has 3 aliphatic rings. The number of benzene rings is 2. The monoisotopic (exact) mass is 641 g/mol. The van der Waals surface area contributed by atoms with E-state index in [1.165, 1.54) is 0 Å². The summed E-state index contributed by atoms with van der Waals surface area (Å²) in [6.07, 6.45) is 11.5. The van der Waals surface area contributed by atoms with Crippen molar-refractivity contribution < 1.29 is 19.5 Å². The van der Waals surface area contributed by atoms with Crippen molar-refractivity contribution in [3.8, 4) is 0 Å². The van der Waals surface area contributed by atoms with Crippen LogP contribution in [0.2, 0.25) is 0 Å². The molecule has 0 bridgehead atoms. The number of Topliss-reactive ketones (excluding diaryl/α,β-unsaturated/α-hetero) is 1. The first-order chi connectivity index (χ1) is 22.8. The first-order valence-corrected chi connectivity index (χ1v) is 18.1. The quantitative estimate of drug-likeness (QED) is 0.172. The van der Waals surface area contributed by atoms with Gasteiger partial charge < -0.3 is 20.6 Å². The highest BCUT2D eigenvalue weighted by atomic mass is 16.3. The maximum absolute atomic E-state index is 14.2. The lowest BCUT2D eigenvalue weighted by Crippen LogP contribution is -2.40. The van der Waals surface area contributed by atoms with E-state index in [4.69, 9.17) is 0 Å². The minimum absolute atomic E-state index is 0.0823. The maximum atomic E-state index is 14.2. The zero-order chi connectivity index (χ0) is 33.5. The van der Waals surface area contributed by atoms with Crippen LogP contribution in [0.5, 0.6) is 0 Å². The lowest BCUT2D eigenvalue weighted by Gasteiger charge is -2.33. The molecule has 2 aromatic carbocycles. The van der Waals surface area contributed by atoms with E-state index in [1.807, 2.05) is 38.1 Å². The van der Waals surface area contributed by atoms with E-state index >= 15 is 0 Å². The minimum atomic E-state index is -0.270. The van der Waals surface area contributed by atoms with Crippen molar-refractivity contribution in [2.75, 3.05) is 41.7 Å². The van der Waals surface area contributed by atoms with Crippen LogP contribution in [0, 0.1) is 0 Å². The summed E-state index contributed by atoms with van der Waals surface area (Å²) in [6.45, 7) is 12.1. The van der Waals surface area contributed by atoms with Gasteiger partial charge in [-0.2, -0.15) is 0 Å². The Kier molecular flexibility index (Phi) is 11.5. The number of nitrogens with zero attached hydrogens (tertiary/aromatic N) is 2. The van der Waals surface area contributed by atoms with Crippen LogP contribution in [0.15, 0.2) is 30.0 Å². The fourth-order valence-corrected chi connectivity index (χ4v) is 7.19. The number of carbonyl (C=O) groups excluding carboxylic acids is 3. The fourth-order valence-electron chi connectivity index (χ4n) is 7.19. The van der Waals surface area contributed by atoms with Gasteiger partial charge in [0, 0.05) is 66.9 Å². The van der Waals surface area contributed by atoms with Crippen molar-refractivity contribution in [3.05, 3.63) is 57.3 Å². The van der Waals surface area contributed by atoms with Gasteiger partial charge in [-0.1, -0.05) is 47.0 Å². The van der Waals surface area contributed by atoms with Gasteiger partial charge in [0.1, 0.15) is 18.8 Å². The van der Waals surface area contributed by atoms with Crippen molar-refractivity contribution in [3.63, 3.8) is 0 Å². The van der Waals surface area contributed by atoms with E-state index in [9.17, 15) is 19.5 Å². The molecule has 0 atom stereocenters. The predicted octanol–water partition coefficient (Wildman–Crippen LogP) is 6.05. The summed E-state index contributed by atoms with van der Waals surface area (Å²) in [5.74, 6) is -0.573. The number of unbranched alkanes of at least 4 members (excludes halogenated alkanes) is 3. The highest BCUT2D eigenvalue weighted by molar-refractivity contribution is 6.52. The summed E-state index contributed by atoms with van der Waals surface area (Å²) >= 11 is 0. The van der Waals surface area contributed by atoms with Gasteiger partial charge in [0.05, 0.1) is 22.5 Å². The molecule has 3 N–H and O–H groups in total. The number of allylic oxidation sites excluding steroid dienone is 2. The number of hydrogen-bond acceptors (Lipinski definition) is 5. The van der Waals surface area contributed by atoms with Crippen LogP contribution in [0.3, 0.4) is 0 Å². The molecule has 2 heterocycles. The van der Waals surface area contributed by atoms with Gasteiger partial charge in [-0.25, -0.2) is 4.58 Å². The standard InChI is InChI=1S/C39H52N4O4/c1-5-9-11-19-43-21-13-17-27-23-29(31(25-33(27)43)41-35(45)15-8-4)37-38(46)36(39(37)47)28-22-26-16-12-20-42(18-10-6-2)32(26)24-30(28)40-34(44)14-7-3/h22-25H,5-21H2,1-4H3,(H2,40,41,44,45,46,47)/p+1. The molecule has 8 heteroatoms. The molecule has 2 aromatic rings. The average molecular weight is 642 g/mol. The Morgan fingerprint density at radius 1 is 0.809 bits per heavy atom. The minimum Gasteiger partial charge on any atom is -0.506 e. The largest absolute Gasteiger partial charge is 0.506 e. The van der Waals surface area contributed by atoms with Gasteiger partial charge in [0.25, 0.3) is 0 Å². The number of rotatable bonds is 14. The molecule has 0 spiro atoms. The Morgan fingerprint density at radius 2 is 1.51 bits per heavy atom. The Bertz CT molecular complexity index is 1690. The van der Waals surface area contributed by atoms with Crippen molar-refractivity contribution in [2.24, 2.45) is 0 Å². The number of anilines is 3.